The summed E-state index contributed by atoms with van der Waals surface area (Å²) in [7, 11) is 0. The van der Waals surface area contributed by atoms with Crippen LogP contribution in [-0.4, -0.2) is 30.6 Å². The van der Waals surface area contributed by atoms with Crippen LogP contribution < -0.4 is 11.1 Å². The molecule has 72 valence electrons. The van der Waals surface area contributed by atoms with Gasteiger partial charge in [-0.2, -0.15) is 0 Å². The summed E-state index contributed by atoms with van der Waals surface area (Å²) in [6, 6.07) is 0. The van der Waals surface area contributed by atoms with Crippen molar-refractivity contribution in [1.29, 1.82) is 0 Å². The molecule has 0 aromatic heterocycles. The number of carbonyl (C=O) groups excluding carboxylic acids is 2. The summed E-state index contributed by atoms with van der Waals surface area (Å²) in [6.45, 7) is 0.918. The predicted octanol–water partition coefficient (Wildman–Crippen LogP) is -1.23. The highest BCUT2D eigenvalue weighted by Crippen LogP contribution is 2.35. The van der Waals surface area contributed by atoms with E-state index >= 15 is 0 Å². The first-order chi connectivity index (χ1) is 6.14. The van der Waals surface area contributed by atoms with E-state index in [0.717, 1.165) is 0 Å². The molecule has 1 heterocycles. The SMILES string of the molecule is NC(=O)C1(NC(=O)C2COC2)CC1. The molecule has 0 aromatic carbocycles. The summed E-state index contributed by atoms with van der Waals surface area (Å²) >= 11 is 0. The monoisotopic (exact) mass is 184 g/mol. The fourth-order valence-electron chi connectivity index (χ4n) is 1.28. The molecule has 2 rings (SSSR count). The Kier molecular flexibility index (Phi) is 1.76. The molecule has 2 fully saturated rings. The van der Waals surface area contributed by atoms with Gasteiger partial charge in [0.1, 0.15) is 5.54 Å². The van der Waals surface area contributed by atoms with Crippen LogP contribution in [0.25, 0.3) is 0 Å². The second-order valence-electron chi connectivity index (χ2n) is 3.67. The predicted molar refractivity (Wildman–Crippen MR) is 43.6 cm³/mol. The molecule has 1 saturated carbocycles. The number of ether oxygens (including phenoxy) is 1. The molecule has 13 heavy (non-hydrogen) atoms. The molecular formula is C8H12N2O3. The van der Waals surface area contributed by atoms with Gasteiger partial charge in [0, 0.05) is 0 Å². The molecule has 0 spiro atoms. The molecule has 0 bridgehead atoms. The molecule has 1 aliphatic carbocycles. The third-order valence-electron chi connectivity index (χ3n) is 2.59. The van der Waals surface area contributed by atoms with E-state index in [4.69, 9.17) is 10.5 Å². The maximum absolute atomic E-state index is 11.4. The van der Waals surface area contributed by atoms with Crippen LogP contribution in [0.1, 0.15) is 12.8 Å². The van der Waals surface area contributed by atoms with E-state index in [2.05, 4.69) is 5.32 Å². The van der Waals surface area contributed by atoms with Crippen molar-refractivity contribution in [3.05, 3.63) is 0 Å². The largest absolute Gasteiger partial charge is 0.380 e. The Morgan fingerprint density at radius 2 is 2.00 bits per heavy atom. The van der Waals surface area contributed by atoms with Crippen LogP contribution in [-0.2, 0) is 14.3 Å². The van der Waals surface area contributed by atoms with Crippen molar-refractivity contribution >= 4 is 11.8 Å². The van der Waals surface area contributed by atoms with Gasteiger partial charge in [0.05, 0.1) is 19.1 Å². The van der Waals surface area contributed by atoms with Crippen molar-refractivity contribution in [2.45, 2.75) is 18.4 Å². The van der Waals surface area contributed by atoms with Gasteiger partial charge in [0.2, 0.25) is 11.8 Å². The quantitative estimate of drug-likeness (QED) is 0.576. The first-order valence-electron chi connectivity index (χ1n) is 4.34. The molecule has 0 radical (unpaired) electrons. The van der Waals surface area contributed by atoms with Gasteiger partial charge in [-0.15, -0.1) is 0 Å². The number of rotatable bonds is 3. The highest BCUT2D eigenvalue weighted by molar-refractivity contribution is 5.93. The molecule has 0 aromatic rings. The summed E-state index contributed by atoms with van der Waals surface area (Å²) in [5.41, 5.74) is 4.43. The minimum absolute atomic E-state index is 0.0863. The number of nitrogens with one attached hydrogen (secondary N) is 1. The van der Waals surface area contributed by atoms with Gasteiger partial charge in [0.25, 0.3) is 0 Å². The number of nitrogens with two attached hydrogens (primary N) is 1. The van der Waals surface area contributed by atoms with Crippen molar-refractivity contribution in [2.75, 3.05) is 13.2 Å². The van der Waals surface area contributed by atoms with Crippen LogP contribution in [0.2, 0.25) is 0 Å². The summed E-state index contributed by atoms with van der Waals surface area (Å²) in [5, 5.41) is 2.68. The topological polar surface area (TPSA) is 81.4 Å². The average Bonchev–Trinajstić information content (AvgIpc) is 2.64. The minimum atomic E-state index is -0.729. The molecule has 1 aliphatic heterocycles. The molecule has 0 atom stereocenters. The maximum atomic E-state index is 11.4. The Labute approximate surface area is 75.6 Å². The Morgan fingerprint density at radius 3 is 2.31 bits per heavy atom. The Morgan fingerprint density at radius 1 is 1.38 bits per heavy atom. The van der Waals surface area contributed by atoms with Gasteiger partial charge in [-0.1, -0.05) is 0 Å². The van der Waals surface area contributed by atoms with E-state index in [1.54, 1.807) is 0 Å². The third-order valence-corrected chi connectivity index (χ3v) is 2.59. The number of carbonyl (C=O) groups is 2. The lowest BCUT2D eigenvalue weighted by atomic mass is 10.1. The van der Waals surface area contributed by atoms with E-state index in [1.807, 2.05) is 0 Å². The normalized spacial score (nSPS) is 24.6. The van der Waals surface area contributed by atoms with Gasteiger partial charge >= 0.3 is 0 Å². The molecule has 1 saturated heterocycles. The zero-order valence-electron chi connectivity index (χ0n) is 7.21. The lowest BCUT2D eigenvalue weighted by molar-refractivity contribution is -0.142. The van der Waals surface area contributed by atoms with Crippen molar-refractivity contribution in [3.8, 4) is 0 Å². The summed E-state index contributed by atoms with van der Waals surface area (Å²) in [4.78, 5) is 22.3. The van der Waals surface area contributed by atoms with E-state index in [9.17, 15) is 9.59 Å². The van der Waals surface area contributed by atoms with E-state index < -0.39 is 11.4 Å². The molecule has 2 aliphatic rings. The Hall–Kier alpha value is -1.10. The van der Waals surface area contributed by atoms with Gasteiger partial charge in [0.15, 0.2) is 0 Å². The molecule has 3 N–H and O–H groups in total. The number of hydrogen-bond acceptors (Lipinski definition) is 3. The summed E-state index contributed by atoms with van der Waals surface area (Å²) in [5.74, 6) is -0.625. The van der Waals surface area contributed by atoms with Crippen molar-refractivity contribution in [1.82, 2.24) is 5.32 Å². The van der Waals surface area contributed by atoms with Gasteiger partial charge in [-0.05, 0) is 12.8 Å². The Bertz CT molecular complexity index is 256. The van der Waals surface area contributed by atoms with E-state index in [1.165, 1.54) is 0 Å². The fourth-order valence-corrected chi connectivity index (χ4v) is 1.28. The molecular weight excluding hydrogens is 172 g/mol. The molecule has 2 amide bonds. The van der Waals surface area contributed by atoms with E-state index in [-0.39, 0.29) is 11.8 Å². The Balaban J connectivity index is 1.90. The van der Waals surface area contributed by atoms with Crippen molar-refractivity contribution in [3.63, 3.8) is 0 Å². The lowest BCUT2D eigenvalue weighted by Crippen LogP contribution is -2.52. The van der Waals surface area contributed by atoms with Crippen LogP contribution in [0.5, 0.6) is 0 Å². The second kappa shape index (κ2) is 2.70. The van der Waals surface area contributed by atoms with Crippen molar-refractivity contribution in [2.24, 2.45) is 11.7 Å². The smallest absolute Gasteiger partial charge is 0.243 e. The summed E-state index contributed by atoms with van der Waals surface area (Å²) < 4.78 is 4.87. The first kappa shape index (κ1) is 8.50. The standard InChI is InChI=1S/C8H12N2O3/c9-7(12)8(1-2-8)10-6(11)5-3-13-4-5/h5H,1-4H2,(H2,9,12)(H,10,11). The van der Waals surface area contributed by atoms with Crippen LogP contribution in [0.15, 0.2) is 0 Å². The first-order valence-corrected chi connectivity index (χ1v) is 4.34. The number of primary amides is 1. The second-order valence-corrected chi connectivity index (χ2v) is 3.67. The molecule has 0 unspecified atom stereocenters. The van der Waals surface area contributed by atoms with Crippen LogP contribution in [0.4, 0.5) is 0 Å². The highest BCUT2D eigenvalue weighted by atomic mass is 16.5. The minimum Gasteiger partial charge on any atom is -0.380 e. The van der Waals surface area contributed by atoms with Crippen LogP contribution in [0, 0.1) is 5.92 Å². The zero-order valence-corrected chi connectivity index (χ0v) is 7.21. The van der Waals surface area contributed by atoms with Gasteiger partial charge in [-0.3, -0.25) is 9.59 Å². The third kappa shape index (κ3) is 1.39. The highest BCUT2D eigenvalue weighted by Gasteiger charge is 2.50. The van der Waals surface area contributed by atoms with Gasteiger partial charge in [-0.25, -0.2) is 0 Å². The van der Waals surface area contributed by atoms with Crippen LogP contribution >= 0.6 is 0 Å². The zero-order chi connectivity index (χ0) is 9.47. The maximum Gasteiger partial charge on any atom is 0.243 e. The van der Waals surface area contributed by atoms with Crippen molar-refractivity contribution < 1.29 is 14.3 Å². The average molecular weight is 184 g/mol. The lowest BCUT2D eigenvalue weighted by Gasteiger charge is -2.26. The van der Waals surface area contributed by atoms with Crippen LogP contribution in [0.3, 0.4) is 0 Å². The number of hydrogen-bond donors (Lipinski definition) is 2. The fraction of sp³-hybridized carbons (Fsp3) is 0.750. The van der Waals surface area contributed by atoms with E-state index in [0.29, 0.717) is 26.1 Å². The van der Waals surface area contributed by atoms with Gasteiger partial charge < -0.3 is 15.8 Å². The number of amides is 2. The molecule has 5 nitrogen and oxygen atoms in total. The molecule has 5 heteroatoms. The summed E-state index contributed by atoms with van der Waals surface area (Å²) in [6.07, 6.45) is 1.34.